The van der Waals surface area contributed by atoms with Gasteiger partial charge in [-0.05, 0) is 25.5 Å². The summed E-state index contributed by atoms with van der Waals surface area (Å²) in [6.45, 7) is 2.75. The van der Waals surface area contributed by atoms with Gasteiger partial charge in [0.15, 0.2) is 4.99 Å². The van der Waals surface area contributed by atoms with Gasteiger partial charge < -0.3 is 15.8 Å². The molecule has 0 amide bonds. The summed E-state index contributed by atoms with van der Waals surface area (Å²) in [5.41, 5.74) is 14.7. The number of nitrogens with zero attached hydrogens (tertiary/aromatic N) is 3. The largest absolute Gasteiger partial charge is 0.383 e. The van der Waals surface area contributed by atoms with Gasteiger partial charge in [-0.1, -0.05) is 36.0 Å². The molecule has 2 aliphatic rings. The SMILES string of the molecule is CN(Cc1ccc(C2(N)Nc3ncnc(N)c3S2)cc1)C[C@@H]1CCCO1. The summed E-state index contributed by atoms with van der Waals surface area (Å²) < 4.78 is 5.71. The number of anilines is 2. The molecule has 2 aromatic rings. The lowest BCUT2D eigenvalue weighted by Gasteiger charge is -2.25. The van der Waals surface area contributed by atoms with E-state index in [1.54, 1.807) is 0 Å². The molecule has 0 bridgehead atoms. The summed E-state index contributed by atoms with van der Waals surface area (Å²) >= 11 is 1.45. The molecule has 1 aromatic heterocycles. The van der Waals surface area contributed by atoms with Crippen molar-refractivity contribution in [2.75, 3.05) is 31.2 Å². The van der Waals surface area contributed by atoms with Gasteiger partial charge in [0.25, 0.3) is 0 Å². The molecule has 7 nitrogen and oxygen atoms in total. The van der Waals surface area contributed by atoms with Gasteiger partial charge in [-0.25, -0.2) is 9.97 Å². The maximum atomic E-state index is 6.56. The van der Waals surface area contributed by atoms with Gasteiger partial charge in [0.05, 0.1) is 11.0 Å². The highest BCUT2D eigenvalue weighted by Crippen LogP contribution is 2.48. The minimum Gasteiger partial charge on any atom is -0.383 e. The van der Waals surface area contributed by atoms with Crippen LogP contribution in [0.25, 0.3) is 0 Å². The number of nitrogens with two attached hydrogens (primary N) is 2. The van der Waals surface area contributed by atoms with E-state index in [-0.39, 0.29) is 0 Å². The van der Waals surface area contributed by atoms with Gasteiger partial charge in [0.1, 0.15) is 18.0 Å². The van der Waals surface area contributed by atoms with Crippen molar-refractivity contribution < 1.29 is 4.74 Å². The van der Waals surface area contributed by atoms with Crippen molar-refractivity contribution in [3.63, 3.8) is 0 Å². The van der Waals surface area contributed by atoms with Crippen molar-refractivity contribution in [1.82, 2.24) is 14.9 Å². The Hall–Kier alpha value is -1.87. The van der Waals surface area contributed by atoms with Crippen molar-refractivity contribution in [1.29, 1.82) is 0 Å². The molecule has 8 heteroatoms. The normalized spacial score (nSPS) is 24.7. The van der Waals surface area contributed by atoms with Crippen LogP contribution in [0.3, 0.4) is 0 Å². The molecule has 1 unspecified atom stereocenters. The number of ether oxygens (including phenoxy) is 1. The fourth-order valence-electron chi connectivity index (χ4n) is 3.44. The van der Waals surface area contributed by atoms with E-state index in [1.165, 1.54) is 30.1 Å². The lowest BCUT2D eigenvalue weighted by Crippen LogP contribution is -2.38. The number of thioether (sulfide) groups is 1. The number of hydrogen-bond acceptors (Lipinski definition) is 8. The number of nitrogen functional groups attached to an aromatic ring is 1. The van der Waals surface area contributed by atoms with E-state index in [9.17, 15) is 0 Å². The molecule has 138 valence electrons. The van der Waals surface area contributed by atoms with Gasteiger partial charge in [0.2, 0.25) is 0 Å². The van der Waals surface area contributed by atoms with Gasteiger partial charge in [0, 0.05) is 25.3 Å². The maximum Gasteiger partial charge on any atom is 0.167 e. The first-order valence-corrected chi connectivity index (χ1v) is 9.61. The van der Waals surface area contributed by atoms with Crippen LogP contribution in [-0.2, 0) is 16.3 Å². The molecule has 5 N–H and O–H groups in total. The first kappa shape index (κ1) is 17.5. The van der Waals surface area contributed by atoms with Crippen molar-refractivity contribution in [3.05, 3.63) is 41.7 Å². The predicted molar refractivity (Wildman–Crippen MR) is 104 cm³/mol. The third-order valence-electron chi connectivity index (χ3n) is 4.77. The summed E-state index contributed by atoms with van der Waals surface area (Å²) in [5, 5.41) is 3.26. The lowest BCUT2D eigenvalue weighted by molar-refractivity contribution is 0.0793. The van der Waals surface area contributed by atoms with Crippen LogP contribution in [0.1, 0.15) is 24.0 Å². The van der Waals surface area contributed by atoms with Crippen molar-refractivity contribution in [2.45, 2.75) is 35.4 Å². The van der Waals surface area contributed by atoms with Crippen LogP contribution in [0.15, 0.2) is 35.5 Å². The molecule has 26 heavy (non-hydrogen) atoms. The van der Waals surface area contributed by atoms with E-state index in [1.807, 2.05) is 0 Å². The first-order chi connectivity index (χ1) is 12.5. The average Bonchev–Trinajstić information content (AvgIpc) is 3.24. The molecule has 0 aliphatic carbocycles. The summed E-state index contributed by atoms with van der Waals surface area (Å²) in [7, 11) is 2.13. The maximum absolute atomic E-state index is 6.56. The number of rotatable bonds is 5. The summed E-state index contributed by atoms with van der Waals surface area (Å²) in [6, 6.07) is 8.36. The quantitative estimate of drug-likeness (QED) is 0.732. The second kappa shape index (κ2) is 7.03. The first-order valence-electron chi connectivity index (χ1n) is 8.79. The number of likely N-dealkylation sites (N-methyl/N-ethyl adjacent to an activating group) is 1. The molecule has 2 atom stereocenters. The number of hydrogen-bond donors (Lipinski definition) is 3. The molecule has 4 rings (SSSR count). The highest BCUT2D eigenvalue weighted by molar-refractivity contribution is 8.01. The van der Waals surface area contributed by atoms with Crippen LogP contribution < -0.4 is 16.8 Å². The molecule has 0 saturated carbocycles. The molecule has 0 radical (unpaired) electrons. The molecule has 3 heterocycles. The minimum atomic E-state index is -0.783. The average molecular weight is 372 g/mol. The van der Waals surface area contributed by atoms with E-state index in [0.29, 0.717) is 17.7 Å². The van der Waals surface area contributed by atoms with E-state index in [0.717, 1.165) is 36.6 Å². The molecule has 1 saturated heterocycles. The zero-order valence-corrected chi connectivity index (χ0v) is 15.6. The van der Waals surface area contributed by atoms with Gasteiger partial charge in [-0.15, -0.1) is 0 Å². The smallest absolute Gasteiger partial charge is 0.167 e. The monoisotopic (exact) mass is 372 g/mol. The Kier molecular flexibility index (Phi) is 4.74. The van der Waals surface area contributed by atoms with Crippen LogP contribution in [0.5, 0.6) is 0 Å². The number of fused-ring (bicyclic) bond motifs is 1. The number of nitrogens with one attached hydrogen (secondary N) is 1. The van der Waals surface area contributed by atoms with Crippen molar-refractivity contribution >= 4 is 23.4 Å². The van der Waals surface area contributed by atoms with E-state index in [2.05, 4.69) is 51.5 Å². The van der Waals surface area contributed by atoms with E-state index < -0.39 is 4.99 Å². The summed E-state index contributed by atoms with van der Waals surface area (Å²) in [4.78, 5) is 10.6. The molecule has 1 fully saturated rings. The van der Waals surface area contributed by atoms with Gasteiger partial charge >= 0.3 is 0 Å². The number of benzene rings is 1. The van der Waals surface area contributed by atoms with E-state index in [4.69, 9.17) is 16.2 Å². The second-order valence-corrected chi connectivity index (χ2v) is 8.18. The molecule has 2 aliphatic heterocycles. The fraction of sp³-hybridized carbons (Fsp3) is 0.444. The highest BCUT2D eigenvalue weighted by atomic mass is 32.2. The Morgan fingerprint density at radius 3 is 2.85 bits per heavy atom. The zero-order valence-electron chi connectivity index (χ0n) is 14.8. The second-order valence-electron chi connectivity index (χ2n) is 6.93. The summed E-state index contributed by atoms with van der Waals surface area (Å²) in [5.74, 6) is 1.14. The van der Waals surface area contributed by atoms with Crippen LogP contribution in [0, 0.1) is 0 Å². The predicted octanol–water partition coefficient (Wildman–Crippen LogP) is 1.96. The van der Waals surface area contributed by atoms with Crippen molar-refractivity contribution in [3.8, 4) is 0 Å². The van der Waals surface area contributed by atoms with Crippen LogP contribution >= 0.6 is 11.8 Å². The molecule has 1 aromatic carbocycles. The lowest BCUT2D eigenvalue weighted by atomic mass is 10.1. The molecular formula is C18H24N6OS. The third-order valence-corrected chi connectivity index (χ3v) is 6.04. The topological polar surface area (TPSA) is 102 Å². The fourth-order valence-corrected chi connectivity index (χ4v) is 4.52. The van der Waals surface area contributed by atoms with Crippen LogP contribution in [0.2, 0.25) is 0 Å². The zero-order chi connectivity index (χ0) is 18.1. The Balaban J connectivity index is 1.42. The van der Waals surface area contributed by atoms with Crippen molar-refractivity contribution in [2.24, 2.45) is 5.73 Å². The standard InChI is InChI=1S/C18H24N6OS/c1-24(10-14-3-2-8-25-14)9-12-4-6-13(7-5-12)18(20)23-17-15(26-18)16(19)21-11-22-17/h4-7,11,14H,2-3,8-10,20H2,1H3,(H3,19,21,22,23)/t14-,18?/m0/s1. The van der Waals surface area contributed by atoms with Crippen LogP contribution in [0.4, 0.5) is 11.6 Å². The Morgan fingerprint density at radius 2 is 2.15 bits per heavy atom. The Labute approximate surface area is 157 Å². The van der Waals surface area contributed by atoms with E-state index >= 15 is 0 Å². The number of aromatic nitrogens is 2. The highest BCUT2D eigenvalue weighted by Gasteiger charge is 2.38. The third kappa shape index (κ3) is 3.50. The van der Waals surface area contributed by atoms with Gasteiger partial charge in [-0.3, -0.25) is 10.6 Å². The Morgan fingerprint density at radius 1 is 1.35 bits per heavy atom. The van der Waals surface area contributed by atoms with Gasteiger partial charge in [-0.2, -0.15) is 0 Å². The Bertz CT molecular complexity index is 780. The van der Waals surface area contributed by atoms with Crippen LogP contribution in [-0.4, -0.2) is 41.2 Å². The minimum absolute atomic E-state index is 0.371. The molecule has 0 spiro atoms. The summed E-state index contributed by atoms with van der Waals surface area (Å²) in [6.07, 6.45) is 4.15. The molecular weight excluding hydrogens is 348 g/mol.